The number of piperidine rings is 1. The molecule has 2 heterocycles. The highest BCUT2D eigenvalue weighted by atomic mass is 16.3. The van der Waals surface area contributed by atoms with E-state index in [-0.39, 0.29) is 61.2 Å². The van der Waals surface area contributed by atoms with Crippen LogP contribution in [-0.2, 0) is 27.3 Å². The van der Waals surface area contributed by atoms with E-state index in [0.717, 1.165) is 5.56 Å². The van der Waals surface area contributed by atoms with Crippen molar-refractivity contribution in [3.63, 3.8) is 0 Å². The lowest BCUT2D eigenvalue weighted by Crippen LogP contribution is -2.52. The number of hydrogen-bond acceptors (Lipinski definition) is 6. The van der Waals surface area contributed by atoms with Gasteiger partial charge in [0.2, 0.25) is 11.8 Å². The predicted octanol–water partition coefficient (Wildman–Crippen LogP) is 3.57. The lowest BCUT2D eigenvalue weighted by Gasteiger charge is -2.29. The van der Waals surface area contributed by atoms with Gasteiger partial charge in [0.1, 0.15) is 11.8 Å². The van der Waals surface area contributed by atoms with Crippen LogP contribution in [0.15, 0.2) is 64.9 Å². The van der Waals surface area contributed by atoms with E-state index < -0.39 is 11.9 Å². The molecule has 1 unspecified atom stereocenters. The number of aryl methyl sites for hydroxylation is 1. The van der Waals surface area contributed by atoms with Crippen molar-refractivity contribution in [3.05, 3.63) is 76.6 Å². The largest absolute Gasteiger partial charge is 0.512 e. The number of nitrogens with one attached hydrogen (secondary N) is 1. The standard InChI is InChI=1S/C27H27N3O5/c1-2-23(31)19(24(32)13-11-17-7-4-3-5-8-17)15-28-21-10-6-9-18-20(21)16-30(27(18)35)22-12-14-25(33)29-26(22)34/h3-10,15,22,31H,2,11-14,16H2,1H3,(H,29,33,34)/b23-19+,28-15?. The summed E-state index contributed by atoms with van der Waals surface area (Å²) in [6.45, 7) is 1.93. The third kappa shape index (κ3) is 5.21. The Morgan fingerprint density at radius 2 is 1.91 bits per heavy atom. The smallest absolute Gasteiger partial charge is 0.255 e. The van der Waals surface area contributed by atoms with Crippen molar-refractivity contribution in [1.29, 1.82) is 0 Å². The number of carbonyl (C=O) groups excluding carboxylic acids is 4. The minimum atomic E-state index is -0.719. The molecule has 0 bridgehead atoms. The minimum Gasteiger partial charge on any atom is -0.512 e. The van der Waals surface area contributed by atoms with E-state index in [1.54, 1.807) is 25.1 Å². The number of aliphatic hydroxyl groups is 1. The Kier molecular flexibility index (Phi) is 7.19. The van der Waals surface area contributed by atoms with E-state index in [9.17, 15) is 24.3 Å². The first-order valence-electron chi connectivity index (χ1n) is 11.7. The first-order chi connectivity index (χ1) is 16.9. The third-order valence-electron chi connectivity index (χ3n) is 6.32. The van der Waals surface area contributed by atoms with Crippen LogP contribution in [0.3, 0.4) is 0 Å². The molecule has 0 aromatic heterocycles. The van der Waals surface area contributed by atoms with Gasteiger partial charge in [-0.25, -0.2) is 0 Å². The van der Waals surface area contributed by atoms with Gasteiger partial charge in [0.05, 0.1) is 11.3 Å². The molecule has 2 N–H and O–H groups in total. The summed E-state index contributed by atoms with van der Waals surface area (Å²) in [6.07, 6.45) is 2.87. The fourth-order valence-corrected chi connectivity index (χ4v) is 4.36. The van der Waals surface area contributed by atoms with Crippen molar-refractivity contribution in [2.75, 3.05) is 0 Å². The van der Waals surface area contributed by atoms with Gasteiger partial charge < -0.3 is 10.0 Å². The third-order valence-corrected chi connectivity index (χ3v) is 6.32. The molecule has 4 rings (SSSR count). The van der Waals surface area contributed by atoms with Gasteiger partial charge in [-0.3, -0.25) is 29.5 Å². The second-order valence-electron chi connectivity index (χ2n) is 8.58. The number of aliphatic hydroxyl groups excluding tert-OH is 1. The zero-order chi connectivity index (χ0) is 24.9. The Morgan fingerprint density at radius 1 is 1.14 bits per heavy atom. The molecule has 3 amide bonds. The maximum absolute atomic E-state index is 13.0. The van der Waals surface area contributed by atoms with Crippen LogP contribution in [0.1, 0.15) is 54.1 Å². The van der Waals surface area contributed by atoms with Crippen LogP contribution >= 0.6 is 0 Å². The summed E-state index contributed by atoms with van der Waals surface area (Å²) in [5, 5.41) is 12.7. The number of Topliss-reactive ketones (excluding diaryl/α,β-unsaturated/α-hetero) is 1. The molecule has 180 valence electrons. The molecule has 0 spiro atoms. The highest BCUT2D eigenvalue weighted by molar-refractivity contribution is 6.14. The van der Waals surface area contributed by atoms with E-state index in [2.05, 4.69) is 10.3 Å². The predicted molar refractivity (Wildman–Crippen MR) is 130 cm³/mol. The van der Waals surface area contributed by atoms with Crippen LogP contribution in [-0.4, -0.2) is 45.8 Å². The van der Waals surface area contributed by atoms with Crippen LogP contribution < -0.4 is 5.32 Å². The quantitative estimate of drug-likeness (QED) is 0.263. The number of fused-ring (bicyclic) bond motifs is 1. The topological polar surface area (TPSA) is 116 Å². The molecule has 0 saturated carbocycles. The van der Waals surface area contributed by atoms with Crippen molar-refractivity contribution < 1.29 is 24.3 Å². The molecule has 1 fully saturated rings. The van der Waals surface area contributed by atoms with Crippen LogP contribution in [0.2, 0.25) is 0 Å². The fraction of sp³-hybridized carbons (Fsp3) is 0.296. The summed E-state index contributed by atoms with van der Waals surface area (Å²) in [4.78, 5) is 55.6. The maximum Gasteiger partial charge on any atom is 0.255 e. The number of ketones is 1. The van der Waals surface area contributed by atoms with Gasteiger partial charge in [0.15, 0.2) is 5.78 Å². The van der Waals surface area contributed by atoms with Crippen LogP contribution in [0, 0.1) is 0 Å². The van der Waals surface area contributed by atoms with Crippen LogP contribution in [0.5, 0.6) is 0 Å². The Morgan fingerprint density at radius 3 is 2.63 bits per heavy atom. The fourth-order valence-electron chi connectivity index (χ4n) is 4.36. The number of hydrogen-bond donors (Lipinski definition) is 2. The highest BCUT2D eigenvalue weighted by Gasteiger charge is 2.39. The van der Waals surface area contributed by atoms with Gasteiger partial charge in [-0.05, 0) is 30.5 Å². The number of rotatable bonds is 8. The Hall–Kier alpha value is -4.07. The molecule has 2 aliphatic rings. The SMILES string of the molecule is CC/C(O)=C(/C=Nc1cccc2c1CN(C1CCC(=O)NC1=O)C2=O)C(=O)CCc1ccccc1. The molecular formula is C27H27N3O5. The van der Waals surface area contributed by atoms with E-state index in [1.807, 2.05) is 30.3 Å². The Labute approximate surface area is 203 Å². The monoisotopic (exact) mass is 473 g/mol. The average molecular weight is 474 g/mol. The lowest BCUT2D eigenvalue weighted by atomic mass is 10.0. The van der Waals surface area contributed by atoms with Crippen LogP contribution in [0.4, 0.5) is 5.69 Å². The van der Waals surface area contributed by atoms with Gasteiger partial charge in [-0.2, -0.15) is 0 Å². The van der Waals surface area contributed by atoms with Gasteiger partial charge in [0.25, 0.3) is 5.91 Å². The van der Waals surface area contributed by atoms with Crippen molar-refractivity contribution >= 4 is 35.4 Å². The van der Waals surface area contributed by atoms with Crippen molar-refractivity contribution in [1.82, 2.24) is 10.2 Å². The van der Waals surface area contributed by atoms with Crippen molar-refractivity contribution in [2.24, 2.45) is 4.99 Å². The molecule has 1 saturated heterocycles. The number of imide groups is 1. The molecule has 2 aliphatic heterocycles. The number of benzene rings is 2. The molecule has 0 aliphatic carbocycles. The molecule has 8 nitrogen and oxygen atoms in total. The maximum atomic E-state index is 13.0. The Bertz CT molecular complexity index is 1230. The number of nitrogens with zero attached hydrogens (tertiary/aromatic N) is 2. The first kappa shape index (κ1) is 24.1. The van der Waals surface area contributed by atoms with Gasteiger partial charge in [-0.15, -0.1) is 0 Å². The number of amides is 3. The van der Waals surface area contributed by atoms with E-state index >= 15 is 0 Å². The van der Waals surface area contributed by atoms with Gasteiger partial charge >= 0.3 is 0 Å². The van der Waals surface area contributed by atoms with Gasteiger partial charge in [0, 0.05) is 43.1 Å². The number of carbonyl (C=O) groups is 4. The van der Waals surface area contributed by atoms with E-state index in [1.165, 1.54) is 11.1 Å². The molecule has 35 heavy (non-hydrogen) atoms. The summed E-state index contributed by atoms with van der Waals surface area (Å²) < 4.78 is 0. The summed E-state index contributed by atoms with van der Waals surface area (Å²) >= 11 is 0. The molecule has 0 radical (unpaired) electrons. The van der Waals surface area contributed by atoms with E-state index in [4.69, 9.17) is 0 Å². The molecular weight excluding hydrogens is 446 g/mol. The summed E-state index contributed by atoms with van der Waals surface area (Å²) in [7, 11) is 0. The van der Waals surface area contributed by atoms with Crippen molar-refractivity contribution in [2.45, 2.75) is 51.6 Å². The summed E-state index contributed by atoms with van der Waals surface area (Å²) in [6, 6.07) is 14.0. The molecule has 8 heteroatoms. The number of aliphatic imine (C=N–C) groups is 1. The van der Waals surface area contributed by atoms with Crippen LogP contribution in [0.25, 0.3) is 0 Å². The zero-order valence-corrected chi connectivity index (χ0v) is 19.5. The average Bonchev–Trinajstić information content (AvgIpc) is 3.20. The van der Waals surface area contributed by atoms with Gasteiger partial charge in [-0.1, -0.05) is 43.3 Å². The Balaban J connectivity index is 1.54. The minimum absolute atomic E-state index is 0.0411. The normalized spacial score (nSPS) is 18.5. The second-order valence-corrected chi connectivity index (χ2v) is 8.58. The molecule has 1 atom stereocenters. The highest BCUT2D eigenvalue weighted by Crippen LogP contribution is 2.33. The first-order valence-corrected chi connectivity index (χ1v) is 11.7. The molecule has 2 aromatic rings. The lowest BCUT2D eigenvalue weighted by molar-refractivity contribution is -0.137. The van der Waals surface area contributed by atoms with Crippen molar-refractivity contribution in [3.8, 4) is 0 Å². The second kappa shape index (κ2) is 10.5. The number of allylic oxidation sites excluding steroid dienone is 2. The zero-order valence-electron chi connectivity index (χ0n) is 19.5. The summed E-state index contributed by atoms with van der Waals surface area (Å²) in [5.74, 6) is -1.37. The summed E-state index contributed by atoms with van der Waals surface area (Å²) in [5.41, 5.74) is 2.74. The van der Waals surface area contributed by atoms with E-state index in [0.29, 0.717) is 23.2 Å². The molecule has 2 aromatic carbocycles.